The van der Waals surface area contributed by atoms with Crippen molar-refractivity contribution in [2.45, 2.75) is 13.3 Å². The first-order chi connectivity index (χ1) is 15.0. The molecule has 0 atom stereocenters. The number of ether oxygens (including phenoxy) is 3. The van der Waals surface area contributed by atoms with Crippen LogP contribution < -0.4 is 24.8 Å². The van der Waals surface area contributed by atoms with Crippen molar-refractivity contribution in [2.75, 3.05) is 53.3 Å². The molecule has 0 aliphatic rings. The lowest BCUT2D eigenvalue weighted by Crippen LogP contribution is -2.34. The zero-order valence-corrected chi connectivity index (χ0v) is 21.6. The quantitative estimate of drug-likeness (QED) is 0.265. The van der Waals surface area contributed by atoms with Crippen LogP contribution in [0.1, 0.15) is 12.5 Å². The van der Waals surface area contributed by atoms with E-state index in [0.29, 0.717) is 30.6 Å². The van der Waals surface area contributed by atoms with E-state index in [1.165, 1.54) is 10.5 Å². The highest BCUT2D eigenvalue weighted by Crippen LogP contribution is 2.30. The van der Waals surface area contributed by atoms with Gasteiger partial charge in [0, 0.05) is 32.4 Å². The summed E-state index contributed by atoms with van der Waals surface area (Å²) in [5, 5.41) is 6.53. The maximum atomic E-state index is 12.0. The second-order valence-corrected chi connectivity index (χ2v) is 6.90. The summed E-state index contributed by atoms with van der Waals surface area (Å²) < 4.78 is 16.2. The molecule has 0 unspecified atom stereocenters. The Kier molecular flexibility index (Phi) is 12.3. The Morgan fingerprint density at radius 2 is 1.75 bits per heavy atom. The average molecular weight is 556 g/mol. The Morgan fingerprint density at radius 1 is 1.03 bits per heavy atom. The number of halogens is 1. The van der Waals surface area contributed by atoms with Gasteiger partial charge < -0.3 is 29.7 Å². The lowest BCUT2D eigenvalue weighted by atomic mass is 10.1. The number of hydrogen-bond donors (Lipinski definition) is 2. The number of aliphatic imine (C=N–C) groups is 1. The Morgan fingerprint density at radius 3 is 2.34 bits per heavy atom. The lowest BCUT2D eigenvalue weighted by Gasteiger charge is -2.16. The molecular weight excluding hydrogens is 523 g/mol. The number of methoxy groups -OCH3 is 2. The van der Waals surface area contributed by atoms with Crippen LogP contribution in [0.15, 0.2) is 47.5 Å². The molecule has 0 spiro atoms. The van der Waals surface area contributed by atoms with E-state index in [9.17, 15) is 4.79 Å². The second-order valence-electron chi connectivity index (χ2n) is 6.90. The van der Waals surface area contributed by atoms with Gasteiger partial charge in [-0.25, -0.2) is 4.99 Å². The minimum Gasteiger partial charge on any atom is -0.497 e. The maximum absolute atomic E-state index is 12.0. The van der Waals surface area contributed by atoms with Gasteiger partial charge in [-0.3, -0.25) is 4.79 Å². The number of amides is 1. The van der Waals surface area contributed by atoms with Crippen LogP contribution in [0, 0.1) is 0 Å². The highest BCUT2D eigenvalue weighted by molar-refractivity contribution is 14.0. The van der Waals surface area contributed by atoms with Crippen molar-refractivity contribution in [3.05, 3.63) is 48.0 Å². The molecule has 0 saturated carbocycles. The number of guanidine groups is 1. The van der Waals surface area contributed by atoms with E-state index in [1.807, 2.05) is 49.4 Å². The number of carbonyl (C=O) groups is 1. The number of nitrogens with one attached hydrogen (secondary N) is 2. The first-order valence-electron chi connectivity index (χ1n) is 10.2. The highest BCUT2D eigenvalue weighted by atomic mass is 127. The zero-order valence-electron chi connectivity index (χ0n) is 19.3. The van der Waals surface area contributed by atoms with Gasteiger partial charge in [0.2, 0.25) is 5.91 Å². The third-order valence-corrected chi connectivity index (χ3v) is 4.46. The smallest absolute Gasteiger partial charge is 0.243 e. The third kappa shape index (κ3) is 8.81. The molecule has 32 heavy (non-hydrogen) atoms. The number of anilines is 1. The lowest BCUT2D eigenvalue weighted by molar-refractivity contribution is -0.127. The van der Waals surface area contributed by atoms with E-state index < -0.39 is 0 Å². The van der Waals surface area contributed by atoms with Crippen molar-refractivity contribution in [1.29, 1.82) is 0 Å². The van der Waals surface area contributed by atoms with Crippen LogP contribution in [-0.2, 0) is 11.2 Å². The summed E-state index contributed by atoms with van der Waals surface area (Å²) in [6.07, 6.45) is 0.791. The molecule has 0 radical (unpaired) electrons. The number of likely N-dealkylation sites (N-methyl/N-ethyl adjacent to an activating group) is 1. The standard InChI is InChI=1S/C23H32N4O4.HI/c1-6-31-21-15-18(9-12-20(21)30-5)26-23(25-16-22(28)27(2)3)24-14-13-17-7-10-19(29-4)11-8-17;/h7-12,15H,6,13-14,16H2,1-5H3,(H2,24,25,26);1H. The number of carbonyl (C=O) groups excluding carboxylic acids is 1. The summed E-state index contributed by atoms with van der Waals surface area (Å²) in [7, 11) is 6.67. The van der Waals surface area contributed by atoms with Gasteiger partial charge in [0.1, 0.15) is 12.3 Å². The molecule has 0 fully saturated rings. The van der Waals surface area contributed by atoms with Gasteiger partial charge in [0.05, 0.1) is 20.8 Å². The van der Waals surface area contributed by atoms with Gasteiger partial charge in [-0.2, -0.15) is 0 Å². The number of benzene rings is 2. The molecular formula is C23H33IN4O4. The van der Waals surface area contributed by atoms with E-state index in [-0.39, 0.29) is 36.4 Å². The molecule has 2 aromatic carbocycles. The number of rotatable bonds is 10. The van der Waals surface area contributed by atoms with Crippen LogP contribution in [-0.4, -0.2) is 64.8 Å². The first kappa shape index (κ1) is 27.3. The highest BCUT2D eigenvalue weighted by Gasteiger charge is 2.09. The van der Waals surface area contributed by atoms with E-state index in [0.717, 1.165) is 17.9 Å². The van der Waals surface area contributed by atoms with Crippen LogP contribution >= 0.6 is 24.0 Å². The Bertz CT molecular complexity index is 873. The van der Waals surface area contributed by atoms with Crippen molar-refractivity contribution in [2.24, 2.45) is 4.99 Å². The first-order valence-corrected chi connectivity index (χ1v) is 10.2. The van der Waals surface area contributed by atoms with E-state index in [1.54, 1.807) is 28.3 Å². The molecule has 8 nitrogen and oxygen atoms in total. The molecule has 0 aliphatic carbocycles. The number of nitrogens with zero attached hydrogens (tertiary/aromatic N) is 2. The topological polar surface area (TPSA) is 84.4 Å². The fourth-order valence-electron chi connectivity index (χ4n) is 2.70. The summed E-state index contributed by atoms with van der Waals surface area (Å²) in [6, 6.07) is 13.5. The third-order valence-electron chi connectivity index (χ3n) is 4.46. The molecule has 2 N–H and O–H groups in total. The largest absolute Gasteiger partial charge is 0.497 e. The maximum Gasteiger partial charge on any atom is 0.243 e. The Balaban J connectivity index is 0.00000512. The van der Waals surface area contributed by atoms with Gasteiger partial charge in [0.15, 0.2) is 17.5 Å². The van der Waals surface area contributed by atoms with Crippen LogP contribution in [0.5, 0.6) is 17.2 Å². The van der Waals surface area contributed by atoms with Gasteiger partial charge in [-0.05, 0) is 43.2 Å². The Hall–Kier alpha value is -2.69. The average Bonchev–Trinajstić information content (AvgIpc) is 2.78. The predicted octanol–water partition coefficient (Wildman–Crippen LogP) is 3.41. The summed E-state index contributed by atoms with van der Waals surface area (Å²) in [4.78, 5) is 17.9. The van der Waals surface area contributed by atoms with Crippen molar-refractivity contribution >= 4 is 41.5 Å². The SMILES string of the molecule is CCOc1cc(NC(=NCC(=O)N(C)C)NCCc2ccc(OC)cc2)ccc1OC.I. The number of hydrogen-bond acceptors (Lipinski definition) is 5. The predicted molar refractivity (Wildman–Crippen MR) is 139 cm³/mol. The van der Waals surface area contributed by atoms with Gasteiger partial charge >= 0.3 is 0 Å². The van der Waals surface area contributed by atoms with Gasteiger partial charge in [0.25, 0.3) is 0 Å². The normalized spacial score (nSPS) is 10.6. The molecule has 1 amide bonds. The van der Waals surface area contributed by atoms with E-state index >= 15 is 0 Å². The fraction of sp³-hybridized carbons (Fsp3) is 0.391. The molecule has 0 bridgehead atoms. The molecule has 9 heteroatoms. The van der Waals surface area contributed by atoms with Crippen LogP contribution in [0.25, 0.3) is 0 Å². The van der Waals surface area contributed by atoms with Crippen molar-refractivity contribution < 1.29 is 19.0 Å². The zero-order chi connectivity index (χ0) is 22.6. The molecule has 0 aromatic heterocycles. The van der Waals surface area contributed by atoms with Crippen LogP contribution in [0.3, 0.4) is 0 Å². The summed E-state index contributed by atoms with van der Waals surface area (Å²) in [6.45, 7) is 3.13. The molecule has 2 aromatic rings. The van der Waals surface area contributed by atoms with Gasteiger partial charge in [-0.1, -0.05) is 12.1 Å². The Labute approximate surface area is 207 Å². The minimum atomic E-state index is -0.0824. The van der Waals surface area contributed by atoms with E-state index in [4.69, 9.17) is 14.2 Å². The summed E-state index contributed by atoms with van der Waals surface area (Å²) in [5.41, 5.74) is 1.94. The minimum absolute atomic E-state index is 0. The molecule has 0 heterocycles. The van der Waals surface area contributed by atoms with Crippen molar-refractivity contribution in [1.82, 2.24) is 10.2 Å². The molecule has 0 saturated heterocycles. The molecule has 176 valence electrons. The van der Waals surface area contributed by atoms with Crippen LogP contribution in [0.4, 0.5) is 5.69 Å². The van der Waals surface area contributed by atoms with E-state index in [2.05, 4.69) is 15.6 Å². The molecule has 2 rings (SSSR count). The summed E-state index contributed by atoms with van der Waals surface area (Å²) in [5.74, 6) is 2.54. The summed E-state index contributed by atoms with van der Waals surface area (Å²) >= 11 is 0. The molecule has 0 aliphatic heterocycles. The van der Waals surface area contributed by atoms with Crippen molar-refractivity contribution in [3.63, 3.8) is 0 Å². The second kappa shape index (κ2) is 14.4. The van der Waals surface area contributed by atoms with Crippen LogP contribution in [0.2, 0.25) is 0 Å². The van der Waals surface area contributed by atoms with Gasteiger partial charge in [-0.15, -0.1) is 24.0 Å². The van der Waals surface area contributed by atoms with Crippen molar-refractivity contribution in [3.8, 4) is 17.2 Å². The monoisotopic (exact) mass is 556 g/mol. The fourth-order valence-corrected chi connectivity index (χ4v) is 2.70.